The molecular formula is C20H26N2O4. The van der Waals surface area contributed by atoms with E-state index in [0.29, 0.717) is 28.9 Å². The van der Waals surface area contributed by atoms with E-state index in [-0.39, 0.29) is 22.9 Å². The first-order valence-corrected chi connectivity index (χ1v) is 9.15. The fourth-order valence-electron chi connectivity index (χ4n) is 3.06. The highest BCUT2D eigenvalue weighted by molar-refractivity contribution is 5.98. The molecule has 1 N–H and O–H groups in total. The second-order valence-electron chi connectivity index (χ2n) is 6.66. The summed E-state index contributed by atoms with van der Waals surface area (Å²) in [4.78, 5) is 17.5. The SMILES string of the molecule is CCCCCn1c(=O)c(C=NC2CC2)c(O)c2cc(OC)cc(OC)c21. The molecule has 3 rings (SSSR count). The van der Waals surface area contributed by atoms with Crippen molar-refractivity contribution in [3.8, 4) is 17.2 Å². The lowest BCUT2D eigenvalue weighted by Crippen LogP contribution is -2.25. The van der Waals surface area contributed by atoms with Crippen LogP contribution in [0.25, 0.3) is 10.9 Å². The molecule has 1 heterocycles. The number of hydrogen-bond acceptors (Lipinski definition) is 5. The lowest BCUT2D eigenvalue weighted by Gasteiger charge is -2.17. The van der Waals surface area contributed by atoms with Crippen molar-refractivity contribution >= 4 is 17.1 Å². The summed E-state index contributed by atoms with van der Waals surface area (Å²) >= 11 is 0. The van der Waals surface area contributed by atoms with Gasteiger partial charge in [0, 0.05) is 24.2 Å². The van der Waals surface area contributed by atoms with E-state index in [1.807, 2.05) is 0 Å². The molecule has 6 nitrogen and oxygen atoms in total. The van der Waals surface area contributed by atoms with Gasteiger partial charge in [0.25, 0.3) is 5.56 Å². The molecule has 6 heteroatoms. The van der Waals surface area contributed by atoms with Gasteiger partial charge in [0.1, 0.15) is 22.8 Å². The smallest absolute Gasteiger partial charge is 0.263 e. The van der Waals surface area contributed by atoms with Crippen LogP contribution < -0.4 is 15.0 Å². The van der Waals surface area contributed by atoms with Gasteiger partial charge >= 0.3 is 0 Å². The number of aromatic hydroxyl groups is 1. The van der Waals surface area contributed by atoms with Gasteiger partial charge in [-0.15, -0.1) is 0 Å². The molecule has 0 spiro atoms. The molecule has 0 radical (unpaired) electrons. The normalized spacial score (nSPS) is 14.3. The Hall–Kier alpha value is -2.50. The molecule has 0 saturated heterocycles. The molecule has 1 aromatic carbocycles. The van der Waals surface area contributed by atoms with Crippen molar-refractivity contribution in [1.82, 2.24) is 4.57 Å². The van der Waals surface area contributed by atoms with E-state index in [2.05, 4.69) is 11.9 Å². The summed E-state index contributed by atoms with van der Waals surface area (Å²) in [6, 6.07) is 3.74. The number of fused-ring (bicyclic) bond motifs is 1. The van der Waals surface area contributed by atoms with Crippen LogP contribution in [0.1, 0.15) is 44.6 Å². The Morgan fingerprint density at radius 2 is 2.04 bits per heavy atom. The Morgan fingerprint density at radius 1 is 1.27 bits per heavy atom. The number of aliphatic imine (C=N–C) groups is 1. The number of aryl methyl sites for hydroxylation is 1. The zero-order valence-corrected chi connectivity index (χ0v) is 15.6. The first-order valence-electron chi connectivity index (χ1n) is 9.15. The topological polar surface area (TPSA) is 73.1 Å². The Bertz CT molecular complexity index is 882. The number of methoxy groups -OCH3 is 2. The van der Waals surface area contributed by atoms with Crippen LogP contribution in [-0.2, 0) is 6.54 Å². The zero-order valence-electron chi connectivity index (χ0n) is 15.6. The van der Waals surface area contributed by atoms with Crippen molar-refractivity contribution < 1.29 is 14.6 Å². The quantitative estimate of drug-likeness (QED) is 0.579. The maximum absolute atomic E-state index is 13.1. The molecule has 0 aliphatic heterocycles. The molecule has 0 unspecified atom stereocenters. The van der Waals surface area contributed by atoms with Crippen molar-refractivity contribution in [3.05, 3.63) is 28.0 Å². The molecule has 2 aromatic rings. The average molecular weight is 358 g/mol. The summed E-state index contributed by atoms with van der Waals surface area (Å²) in [7, 11) is 3.11. The van der Waals surface area contributed by atoms with E-state index >= 15 is 0 Å². The summed E-state index contributed by atoms with van der Waals surface area (Å²) in [6.07, 6.45) is 6.57. The Morgan fingerprint density at radius 3 is 2.65 bits per heavy atom. The van der Waals surface area contributed by atoms with E-state index in [4.69, 9.17) is 9.47 Å². The number of hydrogen-bond donors (Lipinski definition) is 1. The van der Waals surface area contributed by atoms with E-state index in [1.165, 1.54) is 6.21 Å². The van der Waals surface area contributed by atoms with Gasteiger partial charge in [-0.3, -0.25) is 9.79 Å². The van der Waals surface area contributed by atoms with Crippen LogP contribution in [0.4, 0.5) is 0 Å². The highest BCUT2D eigenvalue weighted by Crippen LogP contribution is 2.36. The standard InChI is InChI=1S/C20H26N2O4/c1-4-5-6-9-22-18-15(10-14(25-2)11-17(18)26-3)19(23)16(20(22)24)12-21-13-7-8-13/h10-13,23H,4-9H2,1-3H3. The minimum Gasteiger partial charge on any atom is -0.506 e. The molecule has 0 bridgehead atoms. The number of pyridine rings is 1. The first-order chi connectivity index (χ1) is 12.6. The van der Waals surface area contributed by atoms with Crippen LogP contribution >= 0.6 is 0 Å². The van der Waals surface area contributed by atoms with Gasteiger partial charge in [0.15, 0.2) is 0 Å². The lowest BCUT2D eigenvalue weighted by atomic mass is 10.1. The molecule has 0 amide bonds. The van der Waals surface area contributed by atoms with Crippen molar-refractivity contribution in [2.75, 3.05) is 14.2 Å². The molecule has 1 aliphatic carbocycles. The fourth-order valence-corrected chi connectivity index (χ4v) is 3.06. The number of rotatable bonds is 8. The van der Waals surface area contributed by atoms with E-state index < -0.39 is 0 Å². The van der Waals surface area contributed by atoms with Gasteiger partial charge in [0.2, 0.25) is 0 Å². The number of benzene rings is 1. The van der Waals surface area contributed by atoms with Gasteiger partial charge < -0.3 is 19.1 Å². The van der Waals surface area contributed by atoms with Crippen LogP contribution in [0.2, 0.25) is 0 Å². The van der Waals surface area contributed by atoms with Gasteiger partial charge in [-0.1, -0.05) is 19.8 Å². The second kappa shape index (κ2) is 7.81. The van der Waals surface area contributed by atoms with Gasteiger partial charge in [-0.2, -0.15) is 0 Å². The second-order valence-corrected chi connectivity index (χ2v) is 6.66. The van der Waals surface area contributed by atoms with Gasteiger partial charge in [0.05, 0.1) is 25.8 Å². The third-order valence-electron chi connectivity index (χ3n) is 4.71. The van der Waals surface area contributed by atoms with Crippen molar-refractivity contribution in [2.45, 2.75) is 51.6 Å². The summed E-state index contributed by atoms with van der Waals surface area (Å²) in [6.45, 7) is 2.69. The first kappa shape index (κ1) is 18.3. The molecular weight excluding hydrogens is 332 g/mol. The maximum Gasteiger partial charge on any atom is 0.263 e. The lowest BCUT2D eigenvalue weighted by molar-refractivity contribution is 0.395. The van der Waals surface area contributed by atoms with Crippen LogP contribution in [0, 0.1) is 0 Å². The highest BCUT2D eigenvalue weighted by Gasteiger charge is 2.22. The van der Waals surface area contributed by atoms with Crippen molar-refractivity contribution in [3.63, 3.8) is 0 Å². The van der Waals surface area contributed by atoms with Crippen molar-refractivity contribution in [2.24, 2.45) is 4.99 Å². The molecule has 0 atom stereocenters. The highest BCUT2D eigenvalue weighted by atomic mass is 16.5. The monoisotopic (exact) mass is 358 g/mol. The van der Waals surface area contributed by atoms with E-state index in [1.54, 1.807) is 30.9 Å². The van der Waals surface area contributed by atoms with Crippen LogP contribution in [-0.4, -0.2) is 36.1 Å². The van der Waals surface area contributed by atoms with Crippen LogP contribution in [0.5, 0.6) is 17.2 Å². The predicted octanol–water partition coefficient (Wildman–Crippen LogP) is 3.50. The minimum absolute atomic E-state index is 0.0710. The molecule has 26 heavy (non-hydrogen) atoms. The molecule has 1 saturated carbocycles. The summed E-state index contributed by atoms with van der Waals surface area (Å²) in [5.74, 6) is 1.00. The molecule has 1 fully saturated rings. The predicted molar refractivity (Wildman–Crippen MR) is 103 cm³/mol. The van der Waals surface area contributed by atoms with Crippen LogP contribution in [0.15, 0.2) is 21.9 Å². The van der Waals surface area contributed by atoms with E-state index in [9.17, 15) is 9.90 Å². The summed E-state index contributed by atoms with van der Waals surface area (Å²) in [5, 5.41) is 11.3. The summed E-state index contributed by atoms with van der Waals surface area (Å²) < 4.78 is 12.5. The average Bonchev–Trinajstić information content (AvgIpc) is 3.48. The molecule has 140 valence electrons. The maximum atomic E-state index is 13.1. The largest absolute Gasteiger partial charge is 0.506 e. The number of unbranched alkanes of at least 4 members (excludes halogenated alkanes) is 2. The Balaban J connectivity index is 2.25. The Kier molecular flexibility index (Phi) is 5.49. The fraction of sp³-hybridized carbons (Fsp3) is 0.500. The van der Waals surface area contributed by atoms with E-state index in [0.717, 1.165) is 32.1 Å². The number of aromatic nitrogens is 1. The van der Waals surface area contributed by atoms with Crippen molar-refractivity contribution in [1.29, 1.82) is 0 Å². The molecule has 1 aromatic heterocycles. The zero-order chi connectivity index (χ0) is 18.7. The Labute approximate surface area is 153 Å². The molecule has 1 aliphatic rings. The van der Waals surface area contributed by atoms with Crippen LogP contribution in [0.3, 0.4) is 0 Å². The minimum atomic E-state index is -0.237. The third-order valence-corrected chi connectivity index (χ3v) is 4.71. The number of ether oxygens (including phenoxy) is 2. The summed E-state index contributed by atoms with van der Waals surface area (Å²) in [5.41, 5.74) is 0.589. The van der Waals surface area contributed by atoms with Gasteiger partial charge in [-0.25, -0.2) is 0 Å². The number of nitrogens with zero attached hydrogens (tertiary/aromatic N) is 2. The van der Waals surface area contributed by atoms with Gasteiger partial charge in [-0.05, 0) is 25.3 Å². The third kappa shape index (κ3) is 3.54.